The lowest BCUT2D eigenvalue weighted by Gasteiger charge is -2.12. The summed E-state index contributed by atoms with van der Waals surface area (Å²) in [5.74, 6) is 1.14. The molecule has 2 heterocycles. The summed E-state index contributed by atoms with van der Waals surface area (Å²) >= 11 is 11.1. The fraction of sp³-hybridized carbons (Fsp3) is 0.158. The maximum Gasteiger partial charge on any atom is 0.289 e. The van der Waals surface area contributed by atoms with E-state index in [0.717, 1.165) is 22.3 Å². The van der Waals surface area contributed by atoms with Crippen LogP contribution in [0.15, 0.2) is 47.7 Å². The standard InChI is InChI=1S/C19H17ClN6O2S/c20-14-8-12(2-4-16(14)28-9-17(21)29)25-18-13-7-11(26-19-22-5-6-27-19)1-3-15(13)23-10-24-18/h1-4,7-8,10H,5-6,9H2,(H2,21,29)(H,22,26)(H,23,24,25). The lowest BCUT2D eigenvalue weighted by Crippen LogP contribution is -2.17. The van der Waals surface area contributed by atoms with Gasteiger partial charge in [0, 0.05) is 16.8 Å². The van der Waals surface area contributed by atoms with Crippen molar-refractivity contribution in [3.8, 4) is 5.75 Å². The van der Waals surface area contributed by atoms with Crippen molar-refractivity contribution in [1.29, 1.82) is 0 Å². The van der Waals surface area contributed by atoms with Crippen molar-refractivity contribution in [2.45, 2.75) is 0 Å². The lowest BCUT2D eigenvalue weighted by molar-refractivity contribution is 0.346. The smallest absolute Gasteiger partial charge is 0.289 e. The third-order valence-electron chi connectivity index (χ3n) is 4.04. The number of thiocarbonyl (C=S) groups is 1. The normalized spacial score (nSPS) is 12.9. The van der Waals surface area contributed by atoms with E-state index in [1.54, 1.807) is 12.1 Å². The minimum absolute atomic E-state index is 0.128. The van der Waals surface area contributed by atoms with Gasteiger partial charge in [-0.15, -0.1) is 0 Å². The van der Waals surface area contributed by atoms with Gasteiger partial charge in [0.2, 0.25) is 0 Å². The largest absolute Gasteiger partial charge is 0.485 e. The van der Waals surface area contributed by atoms with Crippen LogP contribution in [-0.2, 0) is 4.74 Å². The molecule has 0 unspecified atom stereocenters. The van der Waals surface area contributed by atoms with Crippen molar-refractivity contribution in [2.75, 3.05) is 30.4 Å². The van der Waals surface area contributed by atoms with E-state index in [0.29, 0.717) is 35.8 Å². The minimum Gasteiger partial charge on any atom is -0.485 e. The summed E-state index contributed by atoms with van der Waals surface area (Å²) < 4.78 is 10.9. The van der Waals surface area contributed by atoms with Crippen molar-refractivity contribution in [1.82, 2.24) is 9.97 Å². The number of halogens is 1. The van der Waals surface area contributed by atoms with Crippen molar-refractivity contribution in [2.24, 2.45) is 10.7 Å². The van der Waals surface area contributed by atoms with Gasteiger partial charge >= 0.3 is 0 Å². The Labute approximate surface area is 177 Å². The molecule has 1 aromatic heterocycles. The molecule has 1 aliphatic rings. The highest BCUT2D eigenvalue weighted by molar-refractivity contribution is 7.80. The highest BCUT2D eigenvalue weighted by Gasteiger charge is 2.11. The highest BCUT2D eigenvalue weighted by Crippen LogP contribution is 2.31. The molecule has 2 aromatic carbocycles. The van der Waals surface area contributed by atoms with E-state index in [2.05, 4.69) is 25.6 Å². The van der Waals surface area contributed by atoms with Gasteiger partial charge < -0.3 is 25.8 Å². The molecule has 8 nitrogen and oxygen atoms in total. The molecule has 0 amide bonds. The van der Waals surface area contributed by atoms with E-state index < -0.39 is 0 Å². The number of benzene rings is 2. The molecule has 10 heteroatoms. The average molecular weight is 429 g/mol. The molecule has 1 aliphatic heterocycles. The van der Waals surface area contributed by atoms with Crippen LogP contribution in [0.3, 0.4) is 0 Å². The Hall–Kier alpha value is -3.17. The number of ether oxygens (including phenoxy) is 2. The average Bonchev–Trinajstić information content (AvgIpc) is 3.21. The molecule has 0 radical (unpaired) electrons. The number of hydrogen-bond acceptors (Lipinski definition) is 8. The first-order valence-corrected chi connectivity index (χ1v) is 9.54. The topological polar surface area (TPSA) is 107 Å². The number of nitrogens with one attached hydrogen (secondary N) is 2. The number of nitrogens with zero attached hydrogens (tertiary/aromatic N) is 3. The summed E-state index contributed by atoms with van der Waals surface area (Å²) in [6.45, 7) is 1.37. The maximum absolute atomic E-state index is 6.30. The Morgan fingerprint density at radius 2 is 2.00 bits per heavy atom. The van der Waals surface area contributed by atoms with E-state index in [1.165, 1.54) is 6.33 Å². The van der Waals surface area contributed by atoms with Gasteiger partial charge in [0.05, 0.1) is 17.1 Å². The predicted molar refractivity (Wildman–Crippen MR) is 118 cm³/mol. The molecule has 0 fully saturated rings. The Balaban J connectivity index is 1.58. The molecule has 0 saturated carbocycles. The summed E-state index contributed by atoms with van der Waals surface area (Å²) in [5, 5.41) is 7.69. The van der Waals surface area contributed by atoms with Gasteiger partial charge in [0.25, 0.3) is 6.02 Å². The first-order valence-electron chi connectivity index (χ1n) is 8.75. The SMILES string of the molecule is NC(=S)COc1ccc(Nc2ncnc3ccc(NC4=NCCO4)cc23)cc1Cl. The molecule has 148 valence electrons. The molecule has 0 aliphatic carbocycles. The zero-order valence-corrected chi connectivity index (χ0v) is 16.8. The van der Waals surface area contributed by atoms with Gasteiger partial charge in [-0.05, 0) is 36.4 Å². The summed E-state index contributed by atoms with van der Waals surface area (Å²) in [5.41, 5.74) is 7.83. The number of amidine groups is 1. The second kappa shape index (κ2) is 8.46. The number of nitrogens with two attached hydrogens (primary N) is 1. The van der Waals surface area contributed by atoms with E-state index >= 15 is 0 Å². The van der Waals surface area contributed by atoms with Crippen LogP contribution in [0.2, 0.25) is 5.02 Å². The van der Waals surface area contributed by atoms with Crippen LogP contribution in [0, 0.1) is 0 Å². The Morgan fingerprint density at radius 1 is 1.17 bits per heavy atom. The summed E-state index contributed by atoms with van der Waals surface area (Å²) in [6, 6.07) is 11.6. The van der Waals surface area contributed by atoms with Gasteiger partial charge in [-0.25, -0.2) is 15.0 Å². The number of hydrogen-bond donors (Lipinski definition) is 3. The number of aromatic nitrogens is 2. The molecule has 4 N–H and O–H groups in total. The quantitative estimate of drug-likeness (QED) is 0.512. The third-order valence-corrected chi connectivity index (χ3v) is 4.45. The molecule has 0 atom stereocenters. The zero-order valence-electron chi connectivity index (χ0n) is 15.2. The number of fused-ring (bicyclic) bond motifs is 1. The number of rotatable bonds is 6. The first-order chi connectivity index (χ1) is 14.1. The summed E-state index contributed by atoms with van der Waals surface area (Å²) in [6.07, 6.45) is 1.50. The van der Waals surface area contributed by atoms with E-state index in [9.17, 15) is 0 Å². The molecule has 3 aromatic rings. The van der Waals surface area contributed by atoms with E-state index in [1.807, 2.05) is 24.3 Å². The lowest BCUT2D eigenvalue weighted by atomic mass is 10.2. The molecule has 0 spiro atoms. The molecule has 0 bridgehead atoms. The van der Waals surface area contributed by atoms with E-state index in [-0.39, 0.29) is 11.6 Å². The molecule has 4 rings (SSSR count). The van der Waals surface area contributed by atoms with Crippen LogP contribution >= 0.6 is 23.8 Å². The highest BCUT2D eigenvalue weighted by atomic mass is 35.5. The fourth-order valence-electron chi connectivity index (χ4n) is 2.75. The number of aliphatic imine (C=N–C) groups is 1. The van der Waals surface area contributed by atoms with Crippen LogP contribution in [0.1, 0.15) is 0 Å². The van der Waals surface area contributed by atoms with Gasteiger partial charge in [-0.1, -0.05) is 23.8 Å². The van der Waals surface area contributed by atoms with Crippen LogP contribution in [0.4, 0.5) is 17.2 Å². The van der Waals surface area contributed by atoms with Gasteiger partial charge in [-0.3, -0.25) is 0 Å². The van der Waals surface area contributed by atoms with Crippen LogP contribution in [-0.4, -0.2) is 40.7 Å². The van der Waals surface area contributed by atoms with Gasteiger partial charge in [0.15, 0.2) is 0 Å². The molecular weight excluding hydrogens is 412 g/mol. The first kappa shape index (κ1) is 19.2. The Kier molecular flexibility index (Phi) is 5.59. The van der Waals surface area contributed by atoms with Gasteiger partial charge in [0.1, 0.15) is 36.1 Å². The van der Waals surface area contributed by atoms with Gasteiger partial charge in [-0.2, -0.15) is 0 Å². The molecule has 0 saturated heterocycles. The number of anilines is 3. The van der Waals surface area contributed by atoms with Crippen molar-refractivity contribution >= 4 is 62.9 Å². The molecule has 29 heavy (non-hydrogen) atoms. The second-order valence-corrected chi connectivity index (χ2v) is 7.07. The zero-order chi connectivity index (χ0) is 20.2. The van der Waals surface area contributed by atoms with Crippen molar-refractivity contribution in [3.05, 3.63) is 47.7 Å². The van der Waals surface area contributed by atoms with Crippen LogP contribution in [0.5, 0.6) is 5.75 Å². The Bertz CT molecular complexity index is 1110. The van der Waals surface area contributed by atoms with Crippen LogP contribution < -0.4 is 21.1 Å². The third kappa shape index (κ3) is 4.64. The summed E-state index contributed by atoms with van der Waals surface area (Å²) in [7, 11) is 0. The van der Waals surface area contributed by atoms with E-state index in [4.69, 9.17) is 39.0 Å². The second-order valence-electron chi connectivity index (χ2n) is 6.14. The monoisotopic (exact) mass is 428 g/mol. The maximum atomic E-state index is 6.30. The predicted octanol–water partition coefficient (Wildman–Crippen LogP) is 3.49. The van der Waals surface area contributed by atoms with Crippen molar-refractivity contribution in [3.63, 3.8) is 0 Å². The van der Waals surface area contributed by atoms with Crippen LogP contribution in [0.25, 0.3) is 10.9 Å². The fourth-order valence-corrected chi connectivity index (χ4v) is 3.04. The Morgan fingerprint density at radius 3 is 2.76 bits per heavy atom. The minimum atomic E-state index is 0.128. The molecular formula is C19H17ClN6O2S. The van der Waals surface area contributed by atoms with Crippen molar-refractivity contribution < 1.29 is 9.47 Å². The summed E-state index contributed by atoms with van der Waals surface area (Å²) in [4.78, 5) is 13.2.